The molecule has 2 heterocycles. The summed E-state index contributed by atoms with van der Waals surface area (Å²) >= 11 is 3.92. The second-order valence-corrected chi connectivity index (χ2v) is 11.2. The summed E-state index contributed by atoms with van der Waals surface area (Å²) in [6.45, 7) is 3.50. The van der Waals surface area contributed by atoms with Crippen LogP contribution in [0.5, 0.6) is 5.75 Å². The standard InChI is InChI=1S/C29H33BrN2O4/c1-18(19-5-6-19)35-29(33)31-21-9-7-20(8-10-21)28-27(30)25-12-11-24(36-23-13-15-34-16-14-23)17-26(25)32(28)22-3-2-4-22/h7-12,17-19,22-23H,2-6,13-16H2,1H3,(H,31,33). The van der Waals surface area contributed by atoms with Crippen molar-refractivity contribution in [3.05, 3.63) is 46.9 Å². The fourth-order valence-corrected chi connectivity index (χ4v) is 6.04. The zero-order valence-electron chi connectivity index (χ0n) is 20.7. The van der Waals surface area contributed by atoms with E-state index in [2.05, 4.69) is 56.1 Å². The lowest BCUT2D eigenvalue weighted by atomic mass is 9.92. The zero-order chi connectivity index (χ0) is 24.6. The van der Waals surface area contributed by atoms with E-state index < -0.39 is 0 Å². The number of nitrogens with one attached hydrogen (secondary N) is 1. The molecule has 1 N–H and O–H groups in total. The molecule has 6 nitrogen and oxygen atoms in total. The Kier molecular flexibility index (Phi) is 6.69. The van der Waals surface area contributed by atoms with Gasteiger partial charge in [-0.15, -0.1) is 0 Å². The summed E-state index contributed by atoms with van der Waals surface area (Å²) in [6.07, 6.45) is 7.58. The van der Waals surface area contributed by atoms with Gasteiger partial charge in [-0.2, -0.15) is 0 Å². The highest BCUT2D eigenvalue weighted by Crippen LogP contribution is 2.46. The fourth-order valence-electron chi connectivity index (χ4n) is 5.29. The van der Waals surface area contributed by atoms with Crippen molar-refractivity contribution in [1.29, 1.82) is 0 Å². The average Bonchev–Trinajstić information content (AvgIpc) is 3.66. The van der Waals surface area contributed by atoms with Crippen molar-refractivity contribution in [2.24, 2.45) is 5.92 Å². The third-order valence-electron chi connectivity index (χ3n) is 7.81. The van der Waals surface area contributed by atoms with E-state index in [0.717, 1.165) is 60.4 Å². The predicted molar refractivity (Wildman–Crippen MR) is 145 cm³/mol. The summed E-state index contributed by atoms with van der Waals surface area (Å²) in [5.74, 6) is 1.44. The van der Waals surface area contributed by atoms with E-state index in [-0.39, 0.29) is 18.3 Å². The number of rotatable bonds is 7. The minimum Gasteiger partial charge on any atom is -0.490 e. The number of nitrogens with zero attached hydrogens (tertiary/aromatic N) is 1. The first-order chi connectivity index (χ1) is 17.6. The van der Waals surface area contributed by atoms with Gasteiger partial charge in [-0.1, -0.05) is 12.1 Å². The molecule has 2 aliphatic carbocycles. The van der Waals surface area contributed by atoms with Crippen LogP contribution in [0.2, 0.25) is 0 Å². The number of carbonyl (C=O) groups excluding carboxylic acids is 1. The Balaban J connectivity index is 1.27. The number of halogens is 1. The molecule has 3 aliphatic rings. The van der Waals surface area contributed by atoms with Gasteiger partial charge >= 0.3 is 6.09 Å². The van der Waals surface area contributed by atoms with Crippen LogP contribution in [-0.4, -0.2) is 36.1 Å². The monoisotopic (exact) mass is 552 g/mol. The number of hydrogen-bond acceptors (Lipinski definition) is 4. The molecule has 3 aromatic rings. The smallest absolute Gasteiger partial charge is 0.411 e. The highest BCUT2D eigenvalue weighted by molar-refractivity contribution is 9.10. The first kappa shape index (κ1) is 23.9. The van der Waals surface area contributed by atoms with Gasteiger partial charge in [-0.25, -0.2) is 4.79 Å². The van der Waals surface area contributed by atoms with Gasteiger partial charge in [0.1, 0.15) is 18.0 Å². The van der Waals surface area contributed by atoms with Gasteiger partial charge in [-0.3, -0.25) is 5.32 Å². The Morgan fingerprint density at radius 2 is 1.81 bits per heavy atom. The number of hydrogen-bond donors (Lipinski definition) is 1. The molecule has 0 spiro atoms. The van der Waals surface area contributed by atoms with E-state index in [1.807, 2.05) is 19.1 Å². The molecule has 3 fully saturated rings. The van der Waals surface area contributed by atoms with Crippen molar-refractivity contribution >= 4 is 38.6 Å². The van der Waals surface area contributed by atoms with Crippen LogP contribution in [0.4, 0.5) is 10.5 Å². The van der Waals surface area contributed by atoms with E-state index in [1.165, 1.54) is 35.9 Å². The molecule has 6 rings (SSSR count). The van der Waals surface area contributed by atoms with Gasteiger partial charge in [0.2, 0.25) is 0 Å². The van der Waals surface area contributed by atoms with Gasteiger partial charge in [-0.05, 0) is 90.7 Å². The maximum Gasteiger partial charge on any atom is 0.411 e. The molecule has 1 unspecified atom stereocenters. The van der Waals surface area contributed by atoms with E-state index in [1.54, 1.807) is 0 Å². The normalized spacial score (nSPS) is 19.6. The van der Waals surface area contributed by atoms with Crippen LogP contribution >= 0.6 is 15.9 Å². The lowest BCUT2D eigenvalue weighted by Gasteiger charge is -2.30. The number of carbonyl (C=O) groups is 1. The third kappa shape index (κ3) is 4.88. The van der Waals surface area contributed by atoms with Crippen LogP contribution in [0, 0.1) is 5.92 Å². The van der Waals surface area contributed by atoms with Crippen molar-refractivity contribution in [3.63, 3.8) is 0 Å². The van der Waals surface area contributed by atoms with Crippen molar-refractivity contribution in [2.75, 3.05) is 18.5 Å². The summed E-state index contributed by atoms with van der Waals surface area (Å²) < 4.78 is 20.9. The van der Waals surface area contributed by atoms with Crippen LogP contribution in [0.15, 0.2) is 46.9 Å². The maximum absolute atomic E-state index is 12.3. The highest BCUT2D eigenvalue weighted by Gasteiger charge is 2.31. The molecule has 2 saturated carbocycles. The molecule has 2 aromatic carbocycles. The first-order valence-corrected chi connectivity index (χ1v) is 14.0. The van der Waals surface area contributed by atoms with Gasteiger partial charge < -0.3 is 18.8 Å². The molecule has 36 heavy (non-hydrogen) atoms. The Labute approximate surface area is 220 Å². The highest BCUT2D eigenvalue weighted by atomic mass is 79.9. The maximum atomic E-state index is 12.3. The van der Waals surface area contributed by atoms with Crippen LogP contribution in [0.25, 0.3) is 22.2 Å². The molecule has 1 aromatic heterocycles. The fraction of sp³-hybridized carbons (Fsp3) is 0.483. The summed E-state index contributed by atoms with van der Waals surface area (Å²) in [5, 5.41) is 4.07. The van der Waals surface area contributed by atoms with Crippen molar-refractivity contribution < 1.29 is 19.0 Å². The van der Waals surface area contributed by atoms with E-state index in [4.69, 9.17) is 14.2 Å². The molecule has 1 amide bonds. The SMILES string of the molecule is CC(OC(=O)Nc1ccc(-c2c(Br)c3ccc(OC4CCOCC4)cc3n2C2CCC2)cc1)C1CC1. The minimum atomic E-state index is -0.385. The number of aromatic nitrogens is 1. The van der Waals surface area contributed by atoms with Crippen molar-refractivity contribution in [1.82, 2.24) is 4.57 Å². The molecule has 1 aliphatic heterocycles. The second-order valence-electron chi connectivity index (χ2n) is 10.4. The topological polar surface area (TPSA) is 61.7 Å². The van der Waals surface area contributed by atoms with Gasteiger partial charge in [0.05, 0.1) is 28.9 Å². The first-order valence-electron chi connectivity index (χ1n) is 13.2. The van der Waals surface area contributed by atoms with E-state index >= 15 is 0 Å². The number of anilines is 1. The average molecular weight is 553 g/mol. The lowest BCUT2D eigenvalue weighted by molar-refractivity contribution is 0.0256. The molecule has 1 saturated heterocycles. The summed E-state index contributed by atoms with van der Waals surface area (Å²) in [5.41, 5.74) is 4.23. The molecule has 0 radical (unpaired) electrons. The summed E-state index contributed by atoms with van der Waals surface area (Å²) in [7, 11) is 0. The third-order valence-corrected chi connectivity index (χ3v) is 8.61. The Bertz CT molecular complexity index is 1240. The molecule has 190 valence electrons. The number of fused-ring (bicyclic) bond motifs is 1. The van der Waals surface area contributed by atoms with Crippen LogP contribution in [0.3, 0.4) is 0 Å². The number of amides is 1. The molecular weight excluding hydrogens is 520 g/mol. The molecule has 1 atom stereocenters. The van der Waals surface area contributed by atoms with Crippen molar-refractivity contribution in [2.45, 2.75) is 70.1 Å². The van der Waals surface area contributed by atoms with E-state index in [0.29, 0.717) is 12.0 Å². The van der Waals surface area contributed by atoms with Crippen LogP contribution < -0.4 is 10.1 Å². The van der Waals surface area contributed by atoms with E-state index in [9.17, 15) is 4.79 Å². The van der Waals surface area contributed by atoms with Gasteiger partial charge in [0.15, 0.2) is 0 Å². The predicted octanol–water partition coefficient (Wildman–Crippen LogP) is 7.70. The Morgan fingerprint density at radius 1 is 1.06 bits per heavy atom. The summed E-state index contributed by atoms with van der Waals surface area (Å²) in [4.78, 5) is 12.3. The Hall–Kier alpha value is -2.51. The zero-order valence-corrected chi connectivity index (χ0v) is 22.3. The lowest BCUT2D eigenvalue weighted by Crippen LogP contribution is -2.25. The molecule has 7 heteroatoms. The van der Waals surface area contributed by atoms with Crippen molar-refractivity contribution in [3.8, 4) is 17.0 Å². The number of benzene rings is 2. The van der Waals surface area contributed by atoms with Crippen LogP contribution in [-0.2, 0) is 9.47 Å². The van der Waals surface area contributed by atoms with Gasteiger partial charge in [0, 0.05) is 36.0 Å². The minimum absolute atomic E-state index is 0.0290. The largest absolute Gasteiger partial charge is 0.490 e. The quantitative estimate of drug-likeness (QED) is 0.326. The summed E-state index contributed by atoms with van der Waals surface area (Å²) in [6, 6.07) is 15.0. The molecular formula is C29H33BrN2O4. The van der Waals surface area contributed by atoms with Crippen LogP contribution in [0.1, 0.15) is 57.9 Å². The Morgan fingerprint density at radius 3 is 2.47 bits per heavy atom. The number of ether oxygens (including phenoxy) is 3. The van der Waals surface area contributed by atoms with Gasteiger partial charge in [0.25, 0.3) is 0 Å². The second kappa shape index (κ2) is 10.1. The molecule has 0 bridgehead atoms.